The molecule has 1 unspecified atom stereocenters. The van der Waals surface area contributed by atoms with E-state index in [1.807, 2.05) is 17.0 Å². The first kappa shape index (κ1) is 21.7. The number of nitrogens with zero attached hydrogens (tertiary/aromatic N) is 2. The van der Waals surface area contributed by atoms with Crippen LogP contribution in [0.4, 0.5) is 5.69 Å². The molecule has 0 spiro atoms. The molecular weight excluding hydrogens is 471 g/mol. The number of carbonyl (C=O) groups is 1. The van der Waals surface area contributed by atoms with Crippen molar-refractivity contribution >= 4 is 52.9 Å². The number of benzene rings is 1. The molecular formula is C20H27IN4OS. The third kappa shape index (κ3) is 5.93. The molecule has 1 aliphatic heterocycles. The average Bonchev–Trinajstić information content (AvgIpc) is 3.34. The fourth-order valence-corrected chi connectivity index (χ4v) is 3.83. The molecule has 1 saturated heterocycles. The van der Waals surface area contributed by atoms with Crippen molar-refractivity contribution in [3.8, 4) is 0 Å². The highest BCUT2D eigenvalue weighted by molar-refractivity contribution is 14.0. The number of carbonyl (C=O) groups excluding carboxylic acids is 1. The summed E-state index contributed by atoms with van der Waals surface area (Å²) in [5.41, 5.74) is 2.15. The van der Waals surface area contributed by atoms with Gasteiger partial charge in [0.05, 0.1) is 0 Å². The predicted octanol–water partition coefficient (Wildman–Crippen LogP) is 3.96. The largest absolute Gasteiger partial charge is 0.356 e. The number of amides is 1. The molecule has 0 aliphatic carbocycles. The van der Waals surface area contributed by atoms with Crippen LogP contribution in [0, 0.1) is 0 Å². The van der Waals surface area contributed by atoms with Crippen LogP contribution in [0.5, 0.6) is 0 Å². The highest BCUT2D eigenvalue weighted by atomic mass is 127. The minimum atomic E-state index is 0. The summed E-state index contributed by atoms with van der Waals surface area (Å²) in [6, 6.07) is 12.4. The van der Waals surface area contributed by atoms with Crippen LogP contribution in [0.2, 0.25) is 0 Å². The van der Waals surface area contributed by atoms with Crippen molar-refractivity contribution in [1.29, 1.82) is 0 Å². The highest BCUT2D eigenvalue weighted by Crippen LogP contribution is 2.21. The summed E-state index contributed by atoms with van der Waals surface area (Å²) < 4.78 is 0. The van der Waals surface area contributed by atoms with Crippen LogP contribution in [-0.4, -0.2) is 32.0 Å². The van der Waals surface area contributed by atoms with E-state index in [-0.39, 0.29) is 29.9 Å². The van der Waals surface area contributed by atoms with Crippen LogP contribution in [-0.2, 0) is 11.3 Å². The molecule has 2 N–H and O–H groups in total. The Balaban J connectivity index is 0.00000261. The molecule has 2 aromatic rings. The predicted molar refractivity (Wildman–Crippen MR) is 124 cm³/mol. The zero-order chi connectivity index (χ0) is 18.4. The lowest BCUT2D eigenvalue weighted by Gasteiger charge is -2.17. The van der Waals surface area contributed by atoms with E-state index in [2.05, 4.69) is 52.2 Å². The smallest absolute Gasteiger partial charge is 0.227 e. The number of rotatable bonds is 6. The van der Waals surface area contributed by atoms with E-state index < -0.39 is 0 Å². The SMILES string of the molecule is CN=C(NCc1ccc(N2CCCC2=O)cc1)NCC(C)c1cccs1.I. The number of hydrogen-bond donors (Lipinski definition) is 2. The number of halogens is 1. The number of thiophene rings is 1. The van der Waals surface area contributed by atoms with Gasteiger partial charge in [0, 0.05) is 49.6 Å². The Morgan fingerprint density at radius 3 is 2.63 bits per heavy atom. The highest BCUT2D eigenvalue weighted by Gasteiger charge is 2.21. The summed E-state index contributed by atoms with van der Waals surface area (Å²) in [7, 11) is 1.78. The monoisotopic (exact) mass is 498 g/mol. The van der Waals surface area contributed by atoms with Crippen molar-refractivity contribution in [3.05, 3.63) is 52.2 Å². The maximum absolute atomic E-state index is 11.8. The summed E-state index contributed by atoms with van der Waals surface area (Å²) in [4.78, 5) is 19.3. The Morgan fingerprint density at radius 2 is 2.04 bits per heavy atom. The number of nitrogens with one attached hydrogen (secondary N) is 2. The Bertz CT molecular complexity index is 746. The molecule has 1 fully saturated rings. The van der Waals surface area contributed by atoms with E-state index in [0.717, 1.165) is 36.7 Å². The minimum Gasteiger partial charge on any atom is -0.356 e. The molecule has 2 heterocycles. The number of anilines is 1. The van der Waals surface area contributed by atoms with Gasteiger partial charge in [-0.05, 0) is 35.6 Å². The molecule has 0 radical (unpaired) electrons. The zero-order valence-electron chi connectivity index (χ0n) is 15.8. The lowest BCUT2D eigenvalue weighted by molar-refractivity contribution is -0.117. The number of guanidine groups is 1. The second-order valence-corrected chi connectivity index (χ2v) is 7.52. The van der Waals surface area contributed by atoms with E-state index >= 15 is 0 Å². The molecule has 7 heteroatoms. The van der Waals surface area contributed by atoms with Gasteiger partial charge in [-0.2, -0.15) is 0 Å². The van der Waals surface area contributed by atoms with Gasteiger partial charge >= 0.3 is 0 Å². The molecule has 1 aromatic heterocycles. The summed E-state index contributed by atoms with van der Waals surface area (Å²) in [6.07, 6.45) is 1.61. The first-order valence-electron chi connectivity index (χ1n) is 9.04. The topological polar surface area (TPSA) is 56.7 Å². The Hall–Kier alpha value is -1.61. The van der Waals surface area contributed by atoms with Gasteiger partial charge in [0.25, 0.3) is 0 Å². The van der Waals surface area contributed by atoms with Crippen molar-refractivity contribution in [2.24, 2.45) is 4.99 Å². The van der Waals surface area contributed by atoms with Crippen molar-refractivity contribution in [2.75, 3.05) is 25.0 Å². The quantitative estimate of drug-likeness (QED) is 0.360. The third-order valence-corrected chi connectivity index (χ3v) is 5.71. The van der Waals surface area contributed by atoms with Gasteiger partial charge in [-0.25, -0.2) is 0 Å². The molecule has 1 atom stereocenters. The second kappa shape index (κ2) is 10.7. The second-order valence-electron chi connectivity index (χ2n) is 6.54. The Labute approximate surface area is 182 Å². The van der Waals surface area contributed by atoms with Crippen LogP contribution in [0.1, 0.15) is 36.1 Å². The molecule has 1 aromatic carbocycles. The van der Waals surface area contributed by atoms with Crippen LogP contribution < -0.4 is 15.5 Å². The lowest BCUT2D eigenvalue weighted by atomic mass is 10.1. The van der Waals surface area contributed by atoms with Crippen LogP contribution >= 0.6 is 35.3 Å². The van der Waals surface area contributed by atoms with Crippen LogP contribution in [0.3, 0.4) is 0 Å². The van der Waals surface area contributed by atoms with Gasteiger partial charge in [0.15, 0.2) is 5.96 Å². The maximum Gasteiger partial charge on any atom is 0.227 e. The molecule has 146 valence electrons. The van der Waals surface area contributed by atoms with Gasteiger partial charge < -0.3 is 15.5 Å². The fraction of sp³-hybridized carbons (Fsp3) is 0.400. The molecule has 0 saturated carbocycles. The van der Waals surface area contributed by atoms with Crippen molar-refractivity contribution in [3.63, 3.8) is 0 Å². The van der Waals surface area contributed by atoms with Crippen molar-refractivity contribution in [2.45, 2.75) is 32.2 Å². The summed E-state index contributed by atoms with van der Waals surface area (Å²) in [5, 5.41) is 8.84. The molecule has 3 rings (SSSR count). The third-order valence-electron chi connectivity index (χ3n) is 4.61. The Morgan fingerprint density at radius 1 is 1.26 bits per heavy atom. The van der Waals surface area contributed by atoms with Gasteiger partial charge in [-0.1, -0.05) is 25.1 Å². The maximum atomic E-state index is 11.8. The molecule has 5 nitrogen and oxygen atoms in total. The first-order valence-corrected chi connectivity index (χ1v) is 9.92. The molecule has 1 amide bonds. The molecule has 1 aliphatic rings. The minimum absolute atomic E-state index is 0. The first-order chi connectivity index (χ1) is 12.7. The number of aliphatic imine (C=N–C) groups is 1. The van der Waals surface area contributed by atoms with Crippen molar-refractivity contribution < 1.29 is 4.79 Å². The summed E-state index contributed by atoms with van der Waals surface area (Å²) >= 11 is 1.78. The van der Waals surface area contributed by atoms with E-state index in [4.69, 9.17) is 0 Å². The molecule has 0 bridgehead atoms. The van der Waals surface area contributed by atoms with Gasteiger partial charge in [-0.3, -0.25) is 9.79 Å². The van der Waals surface area contributed by atoms with Gasteiger partial charge in [0.1, 0.15) is 0 Å². The Kier molecular flexibility index (Phi) is 8.56. The normalized spacial score (nSPS) is 15.4. The van der Waals surface area contributed by atoms with E-state index in [9.17, 15) is 4.79 Å². The lowest BCUT2D eigenvalue weighted by Crippen LogP contribution is -2.38. The van der Waals surface area contributed by atoms with E-state index in [1.165, 1.54) is 4.88 Å². The van der Waals surface area contributed by atoms with Crippen molar-refractivity contribution in [1.82, 2.24) is 10.6 Å². The zero-order valence-corrected chi connectivity index (χ0v) is 18.9. The average molecular weight is 498 g/mol. The van der Waals surface area contributed by atoms with Gasteiger partial charge in [0.2, 0.25) is 5.91 Å². The van der Waals surface area contributed by atoms with Crippen LogP contribution in [0.25, 0.3) is 0 Å². The van der Waals surface area contributed by atoms with Gasteiger partial charge in [-0.15, -0.1) is 35.3 Å². The van der Waals surface area contributed by atoms with Crippen LogP contribution in [0.15, 0.2) is 46.8 Å². The number of hydrogen-bond acceptors (Lipinski definition) is 3. The summed E-state index contributed by atoms with van der Waals surface area (Å²) in [5.74, 6) is 1.47. The standard InChI is InChI=1S/C20H26N4OS.HI/c1-15(18-5-4-12-26-18)13-22-20(21-2)23-14-16-7-9-17(10-8-16)24-11-3-6-19(24)25;/h4-5,7-10,12,15H,3,6,11,13-14H2,1-2H3,(H2,21,22,23);1H. The fourth-order valence-electron chi connectivity index (χ4n) is 3.04. The van der Waals surface area contributed by atoms with E-state index in [0.29, 0.717) is 18.9 Å². The molecule has 27 heavy (non-hydrogen) atoms. The van der Waals surface area contributed by atoms with E-state index in [1.54, 1.807) is 18.4 Å². The summed E-state index contributed by atoms with van der Waals surface area (Å²) in [6.45, 7) is 4.58.